The molecule has 4 heteroatoms. The van der Waals surface area contributed by atoms with Crippen molar-refractivity contribution in [1.29, 1.82) is 0 Å². The van der Waals surface area contributed by atoms with Crippen LogP contribution in [0.5, 0.6) is 0 Å². The molecule has 1 amide bonds. The molecule has 1 aromatic carbocycles. The van der Waals surface area contributed by atoms with Crippen LogP contribution in [0.25, 0.3) is 0 Å². The number of carbonyl (C=O) groups is 1. The largest absolute Gasteiger partial charge is 0.366 e. The van der Waals surface area contributed by atoms with Crippen LogP contribution in [-0.2, 0) is 0 Å². The van der Waals surface area contributed by atoms with Crippen LogP contribution in [0.15, 0.2) is 23.1 Å². The van der Waals surface area contributed by atoms with Crippen molar-refractivity contribution < 1.29 is 9.18 Å². The van der Waals surface area contributed by atoms with Crippen molar-refractivity contribution in [2.75, 3.05) is 6.26 Å². The van der Waals surface area contributed by atoms with Crippen molar-refractivity contribution in [2.45, 2.75) is 4.90 Å². The fourth-order valence-electron chi connectivity index (χ4n) is 0.873. The summed E-state index contributed by atoms with van der Waals surface area (Å²) in [6.07, 6.45) is 1.81. The maximum atomic E-state index is 12.6. The first kappa shape index (κ1) is 9.06. The lowest BCUT2D eigenvalue weighted by Gasteiger charge is -2.02. The van der Waals surface area contributed by atoms with Gasteiger partial charge in [0.15, 0.2) is 0 Å². The average Bonchev–Trinajstić information content (AvgIpc) is 2.04. The molecule has 0 saturated heterocycles. The van der Waals surface area contributed by atoms with Crippen molar-refractivity contribution >= 4 is 17.7 Å². The second-order valence-electron chi connectivity index (χ2n) is 2.21. The summed E-state index contributed by atoms with van der Waals surface area (Å²) >= 11 is 1.36. The molecular weight excluding hydrogens is 177 g/mol. The average molecular weight is 185 g/mol. The van der Waals surface area contributed by atoms with Gasteiger partial charge in [0.25, 0.3) is 0 Å². The van der Waals surface area contributed by atoms with Gasteiger partial charge >= 0.3 is 0 Å². The van der Waals surface area contributed by atoms with Gasteiger partial charge < -0.3 is 5.73 Å². The van der Waals surface area contributed by atoms with Gasteiger partial charge in [-0.1, -0.05) is 0 Å². The maximum absolute atomic E-state index is 12.6. The van der Waals surface area contributed by atoms with Gasteiger partial charge in [0, 0.05) is 4.90 Å². The Morgan fingerprint density at radius 3 is 2.75 bits per heavy atom. The van der Waals surface area contributed by atoms with Crippen molar-refractivity contribution in [2.24, 2.45) is 5.73 Å². The summed E-state index contributed by atoms with van der Waals surface area (Å²) in [6.45, 7) is 0. The molecule has 0 fully saturated rings. The second-order valence-corrected chi connectivity index (χ2v) is 3.06. The zero-order chi connectivity index (χ0) is 9.14. The SMILES string of the molecule is CSc1ccc(F)cc1C(N)=O. The number of hydrogen-bond acceptors (Lipinski definition) is 2. The minimum atomic E-state index is -0.598. The number of halogens is 1. The molecule has 0 spiro atoms. The lowest BCUT2D eigenvalue weighted by Crippen LogP contribution is -2.12. The second kappa shape index (κ2) is 3.58. The van der Waals surface area contributed by atoms with E-state index in [1.165, 1.54) is 17.8 Å². The summed E-state index contributed by atoms with van der Waals surface area (Å²) < 4.78 is 12.6. The number of carbonyl (C=O) groups excluding carboxylic acids is 1. The molecule has 1 rings (SSSR count). The maximum Gasteiger partial charge on any atom is 0.249 e. The highest BCUT2D eigenvalue weighted by molar-refractivity contribution is 7.98. The van der Waals surface area contributed by atoms with Crippen molar-refractivity contribution in [1.82, 2.24) is 0 Å². The van der Waals surface area contributed by atoms with E-state index in [1.54, 1.807) is 12.3 Å². The predicted octanol–water partition coefficient (Wildman–Crippen LogP) is 1.65. The van der Waals surface area contributed by atoms with Crippen LogP contribution in [0.1, 0.15) is 10.4 Å². The van der Waals surface area contributed by atoms with E-state index >= 15 is 0 Å². The number of rotatable bonds is 2. The van der Waals surface area contributed by atoms with Crippen LogP contribution in [0, 0.1) is 5.82 Å². The highest BCUT2D eigenvalue weighted by atomic mass is 32.2. The third kappa shape index (κ3) is 1.76. The lowest BCUT2D eigenvalue weighted by atomic mass is 10.2. The number of nitrogens with two attached hydrogens (primary N) is 1. The van der Waals surface area contributed by atoms with Crippen LogP contribution in [0.4, 0.5) is 4.39 Å². The molecule has 0 aliphatic rings. The fourth-order valence-corrected chi connectivity index (χ4v) is 1.46. The predicted molar refractivity (Wildman–Crippen MR) is 46.7 cm³/mol. The first-order valence-corrected chi connectivity index (χ1v) is 4.51. The summed E-state index contributed by atoms with van der Waals surface area (Å²) in [4.78, 5) is 11.5. The fraction of sp³-hybridized carbons (Fsp3) is 0.125. The van der Waals surface area contributed by atoms with Crippen molar-refractivity contribution in [3.8, 4) is 0 Å². The minimum absolute atomic E-state index is 0.238. The van der Waals surface area contributed by atoms with Crippen LogP contribution in [-0.4, -0.2) is 12.2 Å². The van der Waals surface area contributed by atoms with Gasteiger partial charge in [0.05, 0.1) is 5.56 Å². The highest BCUT2D eigenvalue weighted by Crippen LogP contribution is 2.20. The molecule has 12 heavy (non-hydrogen) atoms. The smallest absolute Gasteiger partial charge is 0.249 e. The number of hydrogen-bond donors (Lipinski definition) is 1. The third-order valence-electron chi connectivity index (χ3n) is 1.43. The van der Waals surface area contributed by atoms with E-state index in [2.05, 4.69) is 0 Å². The van der Waals surface area contributed by atoms with E-state index in [4.69, 9.17) is 5.73 Å². The Morgan fingerprint density at radius 2 is 2.25 bits per heavy atom. The summed E-state index contributed by atoms with van der Waals surface area (Å²) in [7, 11) is 0. The van der Waals surface area contributed by atoms with Gasteiger partial charge in [-0.3, -0.25) is 4.79 Å². The highest BCUT2D eigenvalue weighted by Gasteiger charge is 2.07. The molecule has 0 aliphatic carbocycles. The normalized spacial score (nSPS) is 9.83. The van der Waals surface area contributed by atoms with Gasteiger partial charge in [-0.15, -0.1) is 11.8 Å². The lowest BCUT2D eigenvalue weighted by molar-refractivity contribution is 0.0997. The van der Waals surface area contributed by atoms with E-state index in [1.807, 2.05) is 0 Å². The molecule has 64 valence electrons. The van der Waals surface area contributed by atoms with Crippen LogP contribution >= 0.6 is 11.8 Å². The monoisotopic (exact) mass is 185 g/mol. The molecule has 0 unspecified atom stereocenters. The van der Waals surface area contributed by atoms with Gasteiger partial charge in [-0.05, 0) is 24.5 Å². The van der Waals surface area contributed by atoms with Crippen LogP contribution in [0.2, 0.25) is 0 Å². The Balaban J connectivity index is 3.21. The molecule has 0 saturated carbocycles. The Kier molecular flexibility index (Phi) is 2.70. The molecule has 1 aromatic rings. The minimum Gasteiger partial charge on any atom is -0.366 e. The van der Waals surface area contributed by atoms with Gasteiger partial charge in [-0.25, -0.2) is 4.39 Å². The molecule has 2 nitrogen and oxygen atoms in total. The van der Waals surface area contributed by atoms with Gasteiger partial charge in [-0.2, -0.15) is 0 Å². The molecule has 0 bridgehead atoms. The molecule has 0 heterocycles. The number of amides is 1. The van der Waals surface area contributed by atoms with Gasteiger partial charge in [0.1, 0.15) is 5.82 Å². The number of thioether (sulfide) groups is 1. The Bertz CT molecular complexity index is 314. The molecule has 0 atom stereocenters. The summed E-state index contributed by atoms with van der Waals surface area (Å²) in [5, 5.41) is 0. The Labute approximate surface area is 74.0 Å². The Hall–Kier alpha value is -1.03. The summed E-state index contributed by atoms with van der Waals surface area (Å²) in [5.41, 5.74) is 5.28. The van der Waals surface area contributed by atoms with E-state index in [-0.39, 0.29) is 5.56 Å². The number of primary amides is 1. The summed E-state index contributed by atoms with van der Waals surface area (Å²) in [5.74, 6) is -1.04. The number of benzene rings is 1. The zero-order valence-electron chi connectivity index (χ0n) is 6.50. The standard InChI is InChI=1S/C8H8FNOS/c1-12-7-3-2-5(9)4-6(7)8(10)11/h2-4H,1H3,(H2,10,11). The first-order valence-electron chi connectivity index (χ1n) is 3.28. The zero-order valence-corrected chi connectivity index (χ0v) is 7.32. The molecular formula is C8H8FNOS. The Morgan fingerprint density at radius 1 is 1.58 bits per heavy atom. The molecule has 0 radical (unpaired) electrons. The van der Waals surface area contributed by atoms with E-state index in [9.17, 15) is 9.18 Å². The third-order valence-corrected chi connectivity index (χ3v) is 2.22. The topological polar surface area (TPSA) is 43.1 Å². The van der Waals surface area contributed by atoms with Crippen molar-refractivity contribution in [3.63, 3.8) is 0 Å². The van der Waals surface area contributed by atoms with E-state index in [0.29, 0.717) is 4.90 Å². The molecule has 2 N–H and O–H groups in total. The summed E-state index contributed by atoms with van der Waals surface area (Å²) in [6, 6.07) is 3.99. The quantitative estimate of drug-likeness (QED) is 0.712. The van der Waals surface area contributed by atoms with E-state index in [0.717, 1.165) is 6.07 Å². The van der Waals surface area contributed by atoms with Gasteiger partial charge in [0.2, 0.25) is 5.91 Å². The first-order chi connectivity index (χ1) is 5.65. The van der Waals surface area contributed by atoms with Crippen molar-refractivity contribution in [3.05, 3.63) is 29.6 Å². The van der Waals surface area contributed by atoms with Crippen LogP contribution < -0.4 is 5.73 Å². The van der Waals surface area contributed by atoms with Crippen LogP contribution in [0.3, 0.4) is 0 Å². The molecule has 0 aromatic heterocycles. The molecule has 0 aliphatic heterocycles. The van der Waals surface area contributed by atoms with E-state index < -0.39 is 11.7 Å².